The number of aromatic nitrogens is 4. The molecule has 4 atom stereocenters. The minimum absolute atomic E-state index is 0.0515. The summed E-state index contributed by atoms with van der Waals surface area (Å²) >= 11 is 0. The topological polar surface area (TPSA) is 151 Å². The minimum Gasteiger partial charge on any atom is -0.469 e. The van der Waals surface area contributed by atoms with Gasteiger partial charge in [0.25, 0.3) is 0 Å². The third kappa shape index (κ3) is 3.10. The molecule has 2 aromatic rings. The third-order valence-electron chi connectivity index (χ3n) is 3.89. The zero-order chi connectivity index (χ0) is 19.0. The molecule has 3 rings (SSSR count). The first kappa shape index (κ1) is 17.8. The molecule has 140 valence electrons. The quantitative estimate of drug-likeness (QED) is 0.675. The van der Waals surface area contributed by atoms with Crippen molar-refractivity contribution >= 4 is 29.1 Å². The number of imidazole rings is 1. The van der Waals surface area contributed by atoms with E-state index >= 15 is 0 Å². The molecule has 0 saturated carbocycles. The molecule has 2 aromatic heterocycles. The maximum Gasteiger partial charge on any atom is 0.330 e. The molecule has 11 nitrogen and oxygen atoms in total. The normalized spacial score (nSPS) is 25.3. The summed E-state index contributed by atoms with van der Waals surface area (Å²) in [4.78, 5) is 45.3. The Hall–Kier alpha value is -3.02. The molecular weight excluding hydrogens is 353 g/mol. The Bertz CT molecular complexity index is 911. The minimum atomic E-state index is -1.86. The van der Waals surface area contributed by atoms with Gasteiger partial charge in [0.2, 0.25) is 5.95 Å². The van der Waals surface area contributed by atoms with Gasteiger partial charge >= 0.3 is 17.6 Å². The van der Waals surface area contributed by atoms with Crippen molar-refractivity contribution in [3.8, 4) is 0 Å². The van der Waals surface area contributed by atoms with Crippen molar-refractivity contribution in [1.82, 2.24) is 19.5 Å². The molecule has 0 radical (unpaired) electrons. The second kappa shape index (κ2) is 6.71. The summed E-state index contributed by atoms with van der Waals surface area (Å²) in [5, 5.41) is 0. The third-order valence-corrected chi connectivity index (χ3v) is 3.89. The van der Waals surface area contributed by atoms with Crippen LogP contribution in [0.15, 0.2) is 11.0 Å². The molecule has 0 spiro atoms. The van der Waals surface area contributed by atoms with Crippen LogP contribution in [0.4, 0.5) is 10.3 Å². The van der Waals surface area contributed by atoms with Crippen LogP contribution >= 0.6 is 0 Å². The van der Waals surface area contributed by atoms with E-state index in [1.165, 1.54) is 6.20 Å². The number of nitrogens with one attached hydrogen (secondary N) is 1. The highest BCUT2D eigenvalue weighted by atomic mass is 19.1. The predicted octanol–water partition coefficient (Wildman–Crippen LogP) is -0.568. The van der Waals surface area contributed by atoms with Gasteiger partial charge in [0.05, 0.1) is 19.7 Å². The number of hydrogen-bond acceptors (Lipinski definition) is 9. The first-order valence-electron chi connectivity index (χ1n) is 7.58. The molecule has 1 aliphatic heterocycles. The number of hydrogen-bond donors (Lipinski definition) is 2. The second-order valence-corrected chi connectivity index (χ2v) is 5.63. The summed E-state index contributed by atoms with van der Waals surface area (Å²) in [5.41, 5.74) is 5.14. The molecule has 12 heteroatoms. The molecule has 0 bridgehead atoms. The molecule has 0 unspecified atom stereocenters. The second-order valence-electron chi connectivity index (χ2n) is 5.63. The van der Waals surface area contributed by atoms with Gasteiger partial charge in [0, 0.05) is 6.92 Å². The van der Waals surface area contributed by atoms with Crippen molar-refractivity contribution in [3.05, 3.63) is 16.7 Å². The van der Waals surface area contributed by atoms with Crippen LogP contribution in [0, 0.1) is 0 Å². The summed E-state index contributed by atoms with van der Waals surface area (Å²) < 4.78 is 30.8. The molecule has 0 amide bonds. The molecule has 3 heterocycles. The number of rotatable bonds is 4. The first-order chi connectivity index (χ1) is 12.3. The van der Waals surface area contributed by atoms with Crippen molar-refractivity contribution < 1.29 is 28.2 Å². The zero-order valence-corrected chi connectivity index (χ0v) is 13.8. The van der Waals surface area contributed by atoms with Crippen LogP contribution in [-0.2, 0) is 23.8 Å². The average Bonchev–Trinajstić information content (AvgIpc) is 3.04. The van der Waals surface area contributed by atoms with E-state index in [4.69, 9.17) is 15.2 Å². The Morgan fingerprint density at radius 2 is 2.23 bits per heavy atom. The number of nitrogens with two attached hydrogens (primary N) is 1. The molecule has 0 aliphatic carbocycles. The SMILES string of the molecule is COC(=O)C[C@H]1O[C@@H](n2c(=O)[nH]c3cnc(N)nc32)[C@H](OC(C)=O)[C@@H]1F. The smallest absolute Gasteiger partial charge is 0.330 e. The van der Waals surface area contributed by atoms with E-state index in [1.807, 2.05) is 0 Å². The Balaban J connectivity index is 2.05. The van der Waals surface area contributed by atoms with E-state index < -0.39 is 48.7 Å². The Morgan fingerprint density at radius 1 is 1.50 bits per heavy atom. The maximum absolute atomic E-state index is 14.8. The van der Waals surface area contributed by atoms with E-state index in [0.29, 0.717) is 0 Å². The summed E-state index contributed by atoms with van der Waals surface area (Å²) in [6.07, 6.45) is -5.08. The largest absolute Gasteiger partial charge is 0.469 e. The molecule has 3 N–H and O–H groups in total. The van der Waals surface area contributed by atoms with Gasteiger partial charge in [-0.15, -0.1) is 0 Å². The highest BCUT2D eigenvalue weighted by Crippen LogP contribution is 2.36. The fourth-order valence-corrected chi connectivity index (χ4v) is 2.80. The predicted molar refractivity (Wildman–Crippen MR) is 83.6 cm³/mol. The summed E-state index contributed by atoms with van der Waals surface area (Å²) in [5.74, 6) is -1.60. The van der Waals surface area contributed by atoms with Gasteiger partial charge in [-0.3, -0.25) is 9.59 Å². The number of aromatic amines is 1. The lowest BCUT2D eigenvalue weighted by molar-refractivity contribution is -0.154. The number of alkyl halides is 1. The van der Waals surface area contributed by atoms with Crippen LogP contribution in [-0.4, -0.2) is 56.9 Å². The Morgan fingerprint density at radius 3 is 2.88 bits per heavy atom. The van der Waals surface area contributed by atoms with Crippen LogP contribution in [0.25, 0.3) is 11.2 Å². The van der Waals surface area contributed by atoms with Gasteiger partial charge in [0.1, 0.15) is 11.6 Å². The number of halogens is 1. The number of anilines is 1. The standard InChI is InChI=1S/C14H16FN5O6/c1-5(21)25-10-9(15)7(3-8(22)24-2)26-12(10)20-11-6(18-14(20)23)4-17-13(16)19-11/h4,7,9-10,12H,3H2,1-2H3,(H,18,23)(H2,16,17,19)/t7-,9-,10-,12-/m1/s1. The van der Waals surface area contributed by atoms with Crippen molar-refractivity contribution in [2.45, 2.75) is 38.0 Å². The fraction of sp³-hybridized carbons (Fsp3) is 0.500. The van der Waals surface area contributed by atoms with Crippen molar-refractivity contribution in [2.75, 3.05) is 12.8 Å². The molecule has 1 aliphatic rings. The number of ether oxygens (including phenoxy) is 3. The number of esters is 2. The zero-order valence-electron chi connectivity index (χ0n) is 13.8. The Labute approximate surface area is 145 Å². The number of carbonyl (C=O) groups is 2. The van der Waals surface area contributed by atoms with Crippen molar-refractivity contribution in [3.63, 3.8) is 0 Å². The average molecular weight is 369 g/mol. The van der Waals surface area contributed by atoms with Gasteiger partial charge in [0.15, 0.2) is 24.2 Å². The summed E-state index contributed by atoms with van der Waals surface area (Å²) in [7, 11) is 1.15. The molecule has 0 aromatic carbocycles. The number of fused-ring (bicyclic) bond motifs is 1. The van der Waals surface area contributed by atoms with E-state index in [2.05, 4.69) is 19.7 Å². The number of nitrogens with zero attached hydrogens (tertiary/aromatic N) is 3. The van der Waals surface area contributed by atoms with Crippen molar-refractivity contribution in [1.29, 1.82) is 0 Å². The number of H-pyrrole nitrogens is 1. The maximum atomic E-state index is 14.8. The fourth-order valence-electron chi connectivity index (χ4n) is 2.80. The van der Waals surface area contributed by atoms with Gasteiger partial charge in [-0.05, 0) is 0 Å². The highest BCUT2D eigenvalue weighted by molar-refractivity contribution is 5.71. The molecule has 1 fully saturated rings. The van der Waals surface area contributed by atoms with Crippen LogP contribution in [0.2, 0.25) is 0 Å². The Kier molecular flexibility index (Phi) is 4.59. The lowest BCUT2D eigenvalue weighted by Gasteiger charge is -2.19. The van der Waals surface area contributed by atoms with Crippen LogP contribution in [0.1, 0.15) is 19.6 Å². The number of carbonyl (C=O) groups excluding carboxylic acids is 2. The summed E-state index contributed by atoms with van der Waals surface area (Å²) in [6, 6.07) is 0. The highest BCUT2D eigenvalue weighted by Gasteiger charge is 2.50. The van der Waals surface area contributed by atoms with Gasteiger partial charge in [-0.1, -0.05) is 0 Å². The molecule has 1 saturated heterocycles. The van der Waals surface area contributed by atoms with Crippen LogP contribution in [0.5, 0.6) is 0 Å². The molecular formula is C14H16FN5O6. The van der Waals surface area contributed by atoms with Gasteiger partial charge in [-0.25, -0.2) is 18.7 Å². The van der Waals surface area contributed by atoms with E-state index in [0.717, 1.165) is 18.6 Å². The van der Waals surface area contributed by atoms with Crippen LogP contribution in [0.3, 0.4) is 0 Å². The first-order valence-corrected chi connectivity index (χ1v) is 7.58. The van der Waals surface area contributed by atoms with Gasteiger partial charge < -0.3 is 24.9 Å². The monoisotopic (exact) mass is 369 g/mol. The summed E-state index contributed by atoms with van der Waals surface area (Å²) in [6.45, 7) is 1.09. The number of methoxy groups -OCH3 is 1. The van der Waals surface area contributed by atoms with E-state index in [-0.39, 0.29) is 17.1 Å². The van der Waals surface area contributed by atoms with E-state index in [1.54, 1.807) is 0 Å². The lowest BCUT2D eigenvalue weighted by atomic mass is 10.1. The molecule has 26 heavy (non-hydrogen) atoms. The van der Waals surface area contributed by atoms with E-state index in [9.17, 15) is 18.8 Å². The lowest BCUT2D eigenvalue weighted by Crippen LogP contribution is -2.36. The van der Waals surface area contributed by atoms with Crippen LogP contribution < -0.4 is 11.4 Å². The van der Waals surface area contributed by atoms with Gasteiger partial charge in [-0.2, -0.15) is 4.98 Å². The van der Waals surface area contributed by atoms with Crippen molar-refractivity contribution in [2.24, 2.45) is 0 Å². The number of nitrogen functional groups attached to an aromatic ring is 1.